The van der Waals surface area contributed by atoms with E-state index in [9.17, 15) is 9.90 Å². The topological polar surface area (TPSA) is 53.0 Å². The van der Waals surface area contributed by atoms with Gasteiger partial charge in [-0.05, 0) is 30.3 Å². The van der Waals surface area contributed by atoms with Gasteiger partial charge in [-0.3, -0.25) is 9.69 Å². The summed E-state index contributed by atoms with van der Waals surface area (Å²) in [4.78, 5) is 16.6. The van der Waals surface area contributed by atoms with E-state index in [1.165, 1.54) is 6.07 Å². The molecular weight excluding hydrogens is 340 g/mol. The number of hydrogen-bond acceptors (Lipinski definition) is 4. The van der Waals surface area contributed by atoms with Crippen molar-refractivity contribution in [2.45, 2.75) is 6.54 Å². The van der Waals surface area contributed by atoms with Crippen LogP contribution in [0.2, 0.25) is 5.02 Å². The van der Waals surface area contributed by atoms with Gasteiger partial charge in [-0.1, -0.05) is 23.7 Å². The molecule has 0 radical (unpaired) electrons. The normalized spacial score (nSPS) is 15.2. The zero-order valence-electron chi connectivity index (χ0n) is 14.1. The first kappa shape index (κ1) is 17.6. The van der Waals surface area contributed by atoms with Gasteiger partial charge in [0, 0.05) is 43.3 Å². The zero-order chi connectivity index (χ0) is 17.8. The fourth-order valence-corrected chi connectivity index (χ4v) is 3.24. The lowest BCUT2D eigenvalue weighted by Gasteiger charge is -2.35. The van der Waals surface area contributed by atoms with Crippen LogP contribution in [0.5, 0.6) is 11.5 Å². The number of amides is 1. The molecule has 3 rings (SSSR count). The number of nitrogens with zero attached hydrogens (tertiary/aromatic N) is 2. The third-order valence-corrected chi connectivity index (χ3v) is 4.67. The largest absolute Gasteiger partial charge is 0.507 e. The van der Waals surface area contributed by atoms with E-state index < -0.39 is 0 Å². The number of halogens is 1. The molecule has 25 heavy (non-hydrogen) atoms. The molecule has 2 aromatic carbocycles. The van der Waals surface area contributed by atoms with Gasteiger partial charge in [0.05, 0.1) is 12.7 Å². The second kappa shape index (κ2) is 7.76. The number of para-hydroxylation sites is 1. The van der Waals surface area contributed by atoms with Gasteiger partial charge in [0.25, 0.3) is 5.91 Å². The SMILES string of the molecule is COc1ccc(Cl)cc1CN1CCN(C(=O)c2ccccc2O)CC1. The molecule has 1 saturated heterocycles. The van der Waals surface area contributed by atoms with Crippen LogP contribution in [-0.4, -0.2) is 54.1 Å². The van der Waals surface area contributed by atoms with Crippen molar-refractivity contribution in [3.63, 3.8) is 0 Å². The first-order valence-corrected chi connectivity index (χ1v) is 8.58. The molecule has 1 heterocycles. The molecule has 132 valence electrons. The lowest BCUT2D eigenvalue weighted by Crippen LogP contribution is -2.48. The minimum absolute atomic E-state index is 0.0265. The molecule has 0 unspecified atom stereocenters. The van der Waals surface area contributed by atoms with E-state index in [4.69, 9.17) is 16.3 Å². The molecule has 0 aliphatic carbocycles. The monoisotopic (exact) mass is 360 g/mol. The third-order valence-electron chi connectivity index (χ3n) is 4.43. The van der Waals surface area contributed by atoms with E-state index in [0.29, 0.717) is 23.7 Å². The van der Waals surface area contributed by atoms with Gasteiger partial charge in [-0.15, -0.1) is 0 Å². The molecule has 2 aromatic rings. The zero-order valence-corrected chi connectivity index (χ0v) is 14.9. The van der Waals surface area contributed by atoms with Crippen LogP contribution >= 0.6 is 11.6 Å². The molecule has 1 N–H and O–H groups in total. The van der Waals surface area contributed by atoms with Crippen LogP contribution in [0.15, 0.2) is 42.5 Å². The molecule has 0 atom stereocenters. The molecule has 0 bridgehead atoms. The highest BCUT2D eigenvalue weighted by Gasteiger charge is 2.24. The van der Waals surface area contributed by atoms with Crippen LogP contribution in [0.25, 0.3) is 0 Å². The standard InChI is InChI=1S/C19H21ClN2O3/c1-25-18-7-6-15(20)12-14(18)13-21-8-10-22(11-9-21)19(24)16-4-2-3-5-17(16)23/h2-7,12,23H,8-11,13H2,1H3. The number of methoxy groups -OCH3 is 1. The van der Waals surface area contributed by atoms with E-state index in [2.05, 4.69) is 4.90 Å². The first-order chi connectivity index (χ1) is 12.1. The summed E-state index contributed by atoms with van der Waals surface area (Å²) in [5.74, 6) is 0.716. The highest BCUT2D eigenvalue weighted by atomic mass is 35.5. The molecular formula is C19H21ClN2O3. The Bertz CT molecular complexity index is 758. The lowest BCUT2D eigenvalue weighted by atomic mass is 10.1. The molecule has 1 aliphatic rings. The molecule has 5 nitrogen and oxygen atoms in total. The Morgan fingerprint density at radius 3 is 2.56 bits per heavy atom. The van der Waals surface area contributed by atoms with Gasteiger partial charge in [0.2, 0.25) is 0 Å². The highest BCUT2D eigenvalue weighted by molar-refractivity contribution is 6.30. The predicted molar refractivity (Wildman–Crippen MR) is 97.3 cm³/mol. The molecule has 1 fully saturated rings. The lowest BCUT2D eigenvalue weighted by molar-refractivity contribution is 0.0624. The number of phenols is 1. The number of carbonyl (C=O) groups is 1. The summed E-state index contributed by atoms with van der Waals surface area (Å²) in [6.07, 6.45) is 0. The number of phenolic OH excluding ortho intramolecular Hbond substituents is 1. The van der Waals surface area contributed by atoms with Crippen molar-refractivity contribution >= 4 is 17.5 Å². The molecule has 0 spiro atoms. The Hall–Kier alpha value is -2.24. The molecule has 1 amide bonds. The predicted octanol–water partition coefficient (Wildman–Crippen LogP) is 3.01. The summed E-state index contributed by atoms with van der Waals surface area (Å²) in [5, 5.41) is 10.5. The quantitative estimate of drug-likeness (QED) is 0.910. The Labute approximate surface area is 152 Å². The maximum absolute atomic E-state index is 12.5. The summed E-state index contributed by atoms with van der Waals surface area (Å²) in [6, 6.07) is 12.3. The van der Waals surface area contributed by atoms with Crippen molar-refractivity contribution in [2.75, 3.05) is 33.3 Å². The van der Waals surface area contributed by atoms with Crippen LogP contribution < -0.4 is 4.74 Å². The van der Waals surface area contributed by atoms with Crippen molar-refractivity contribution in [1.29, 1.82) is 0 Å². The van der Waals surface area contributed by atoms with Gasteiger partial charge >= 0.3 is 0 Å². The van der Waals surface area contributed by atoms with Gasteiger partial charge in [-0.2, -0.15) is 0 Å². The van der Waals surface area contributed by atoms with E-state index in [-0.39, 0.29) is 11.7 Å². The number of ether oxygens (including phenoxy) is 1. The molecule has 1 aliphatic heterocycles. The average Bonchev–Trinajstić information content (AvgIpc) is 2.62. The van der Waals surface area contributed by atoms with Crippen molar-refractivity contribution in [2.24, 2.45) is 0 Å². The van der Waals surface area contributed by atoms with Crippen LogP contribution in [0.3, 0.4) is 0 Å². The Morgan fingerprint density at radius 2 is 1.88 bits per heavy atom. The van der Waals surface area contributed by atoms with Gasteiger partial charge in [0.15, 0.2) is 0 Å². The van der Waals surface area contributed by atoms with Gasteiger partial charge in [-0.25, -0.2) is 0 Å². The minimum atomic E-state index is -0.127. The summed E-state index contributed by atoms with van der Waals surface area (Å²) < 4.78 is 5.39. The van der Waals surface area contributed by atoms with E-state index in [1.54, 1.807) is 30.2 Å². The van der Waals surface area contributed by atoms with Crippen LogP contribution in [0.1, 0.15) is 15.9 Å². The van der Waals surface area contributed by atoms with Crippen molar-refractivity contribution in [3.8, 4) is 11.5 Å². The highest BCUT2D eigenvalue weighted by Crippen LogP contribution is 2.25. The van der Waals surface area contributed by atoms with E-state index in [1.807, 2.05) is 18.2 Å². The van der Waals surface area contributed by atoms with Crippen LogP contribution in [0.4, 0.5) is 0 Å². The first-order valence-electron chi connectivity index (χ1n) is 8.20. The Balaban J connectivity index is 1.62. The van der Waals surface area contributed by atoms with Gasteiger partial charge < -0.3 is 14.7 Å². The number of piperazine rings is 1. The summed E-state index contributed by atoms with van der Waals surface area (Å²) in [6.45, 7) is 3.48. The van der Waals surface area contributed by atoms with Crippen molar-refractivity contribution < 1.29 is 14.6 Å². The van der Waals surface area contributed by atoms with Crippen LogP contribution in [-0.2, 0) is 6.54 Å². The second-order valence-electron chi connectivity index (χ2n) is 6.04. The number of carbonyl (C=O) groups excluding carboxylic acids is 1. The molecule has 6 heteroatoms. The fraction of sp³-hybridized carbons (Fsp3) is 0.316. The smallest absolute Gasteiger partial charge is 0.257 e. The minimum Gasteiger partial charge on any atom is -0.507 e. The number of aromatic hydroxyl groups is 1. The van der Waals surface area contributed by atoms with Crippen LogP contribution in [0, 0.1) is 0 Å². The molecule has 0 aromatic heterocycles. The second-order valence-corrected chi connectivity index (χ2v) is 6.48. The summed E-state index contributed by atoms with van der Waals surface area (Å²) in [5.41, 5.74) is 1.39. The van der Waals surface area contributed by atoms with Gasteiger partial charge in [0.1, 0.15) is 11.5 Å². The number of benzene rings is 2. The third kappa shape index (κ3) is 4.06. The average molecular weight is 361 g/mol. The summed E-state index contributed by atoms with van der Waals surface area (Å²) >= 11 is 6.09. The number of rotatable bonds is 4. The maximum atomic E-state index is 12.5. The molecule has 0 saturated carbocycles. The fourth-order valence-electron chi connectivity index (χ4n) is 3.05. The summed E-state index contributed by atoms with van der Waals surface area (Å²) in [7, 11) is 1.65. The maximum Gasteiger partial charge on any atom is 0.257 e. The van der Waals surface area contributed by atoms with E-state index >= 15 is 0 Å². The number of hydrogen-bond donors (Lipinski definition) is 1. The van der Waals surface area contributed by atoms with Crippen molar-refractivity contribution in [1.82, 2.24) is 9.80 Å². The van der Waals surface area contributed by atoms with E-state index in [0.717, 1.165) is 30.9 Å². The Morgan fingerprint density at radius 1 is 1.16 bits per heavy atom. The van der Waals surface area contributed by atoms with Crippen molar-refractivity contribution in [3.05, 3.63) is 58.6 Å². The Kier molecular flexibility index (Phi) is 5.46.